The predicted octanol–water partition coefficient (Wildman–Crippen LogP) is 3.98. The fourth-order valence-corrected chi connectivity index (χ4v) is 5.61. The largest absolute Gasteiger partial charge is 0.262 e. The van der Waals surface area contributed by atoms with Gasteiger partial charge in [-0.3, -0.25) is 4.98 Å². The van der Waals surface area contributed by atoms with Crippen LogP contribution in [0.3, 0.4) is 0 Å². The molecule has 0 saturated heterocycles. The Labute approximate surface area is 95.0 Å². The Morgan fingerprint density at radius 1 is 1.13 bits per heavy atom. The van der Waals surface area contributed by atoms with Gasteiger partial charge in [0.1, 0.15) is 0 Å². The summed E-state index contributed by atoms with van der Waals surface area (Å²) in [5.74, 6) is 0. The second kappa shape index (κ2) is 5.45. The summed E-state index contributed by atoms with van der Waals surface area (Å²) in [6, 6.07) is 9.99. The lowest BCUT2D eigenvalue weighted by Gasteiger charge is -2.28. The van der Waals surface area contributed by atoms with E-state index in [9.17, 15) is 0 Å². The van der Waals surface area contributed by atoms with E-state index in [1.165, 1.54) is 29.7 Å². The molecule has 1 nitrogen and oxygen atoms in total. The van der Waals surface area contributed by atoms with Gasteiger partial charge in [-0.1, -0.05) is 38.9 Å². The number of nitrogens with zero attached hydrogens (tertiary/aromatic N) is 1. The average Bonchev–Trinajstić information content (AvgIpc) is 2.26. The predicted molar refractivity (Wildman–Crippen MR) is 69.9 cm³/mol. The molecule has 1 aromatic heterocycles. The third-order valence-corrected chi connectivity index (χ3v) is 9.45. The highest BCUT2D eigenvalue weighted by molar-refractivity contribution is 6.79. The lowest BCUT2D eigenvalue weighted by atomic mass is 10.2. The van der Waals surface area contributed by atoms with Crippen LogP contribution in [0.2, 0.25) is 18.1 Å². The summed E-state index contributed by atoms with van der Waals surface area (Å²) in [4.78, 5) is 4.26. The number of hydrogen-bond acceptors (Lipinski definition) is 1. The molecule has 2 heteroatoms. The van der Waals surface area contributed by atoms with E-state index in [1.807, 2.05) is 6.20 Å². The molecule has 0 unspecified atom stereocenters. The van der Waals surface area contributed by atoms with E-state index < -0.39 is 8.07 Å². The highest BCUT2D eigenvalue weighted by atomic mass is 28.3. The van der Waals surface area contributed by atoms with Gasteiger partial charge in [0.25, 0.3) is 0 Å². The molecule has 0 spiro atoms. The highest BCUT2D eigenvalue weighted by Crippen LogP contribution is 2.24. The van der Waals surface area contributed by atoms with Crippen molar-refractivity contribution in [1.82, 2.24) is 4.98 Å². The van der Waals surface area contributed by atoms with E-state index in [2.05, 4.69) is 44.8 Å². The van der Waals surface area contributed by atoms with Crippen LogP contribution in [0.25, 0.3) is 0 Å². The maximum Gasteiger partial charge on any atom is 0.0571 e. The van der Waals surface area contributed by atoms with Crippen LogP contribution in [-0.2, 0) is 6.04 Å². The number of rotatable bonds is 5. The molecule has 0 aliphatic rings. The van der Waals surface area contributed by atoms with Gasteiger partial charge < -0.3 is 0 Å². The fourth-order valence-electron chi connectivity index (χ4n) is 2.27. The molecule has 0 aromatic carbocycles. The van der Waals surface area contributed by atoms with Crippen LogP contribution in [0, 0.1) is 6.92 Å². The second-order valence-electron chi connectivity index (χ2n) is 4.54. The summed E-state index contributed by atoms with van der Waals surface area (Å²) < 4.78 is 0. The first-order valence-electron chi connectivity index (χ1n) is 6.07. The van der Waals surface area contributed by atoms with Crippen LogP contribution in [0.1, 0.15) is 32.0 Å². The molecule has 1 heterocycles. The monoisotopic (exact) mass is 221 g/mol. The summed E-state index contributed by atoms with van der Waals surface area (Å²) in [5.41, 5.74) is 2.65. The van der Waals surface area contributed by atoms with Gasteiger partial charge in [0, 0.05) is 11.9 Å². The molecule has 0 atom stereocenters. The molecule has 1 rings (SSSR count). The van der Waals surface area contributed by atoms with Crippen molar-refractivity contribution in [2.24, 2.45) is 0 Å². The first-order valence-corrected chi connectivity index (χ1v) is 8.90. The minimum Gasteiger partial charge on any atom is -0.262 e. The molecule has 1 aromatic rings. The standard InChI is InChI=1S/C13H23NSi/c1-5-15(6-2,7-3)11-13-8-9-14-12(4)10-13/h8-10H,5-7,11H2,1-4H3. The van der Waals surface area contributed by atoms with E-state index >= 15 is 0 Å². The lowest BCUT2D eigenvalue weighted by molar-refractivity contribution is 1.08. The van der Waals surface area contributed by atoms with E-state index in [0.717, 1.165) is 5.69 Å². The molecule has 0 N–H and O–H groups in total. The number of pyridine rings is 1. The summed E-state index contributed by atoms with van der Waals surface area (Å²) >= 11 is 0. The SMILES string of the molecule is CC[Si](CC)(CC)Cc1ccnc(C)c1. The Kier molecular flexibility index (Phi) is 4.52. The third-order valence-electron chi connectivity index (χ3n) is 3.79. The summed E-state index contributed by atoms with van der Waals surface area (Å²) in [5, 5.41) is 0. The van der Waals surface area contributed by atoms with Crippen molar-refractivity contribution in [3.05, 3.63) is 29.6 Å². The van der Waals surface area contributed by atoms with Crippen LogP contribution in [0.4, 0.5) is 0 Å². The zero-order valence-electron chi connectivity index (χ0n) is 10.5. The zero-order valence-corrected chi connectivity index (χ0v) is 11.5. The molecule has 0 radical (unpaired) electrons. The van der Waals surface area contributed by atoms with Gasteiger partial charge in [-0.2, -0.15) is 0 Å². The maximum atomic E-state index is 4.26. The molecule has 0 saturated carbocycles. The fraction of sp³-hybridized carbons (Fsp3) is 0.615. The third kappa shape index (κ3) is 3.16. The number of aryl methyl sites for hydroxylation is 1. The Morgan fingerprint density at radius 3 is 2.20 bits per heavy atom. The molecule has 0 fully saturated rings. The van der Waals surface area contributed by atoms with Crippen molar-refractivity contribution >= 4 is 8.07 Å². The van der Waals surface area contributed by atoms with Gasteiger partial charge >= 0.3 is 0 Å². The van der Waals surface area contributed by atoms with Crippen molar-refractivity contribution in [2.75, 3.05) is 0 Å². The molecule has 0 aliphatic heterocycles. The smallest absolute Gasteiger partial charge is 0.0571 e. The van der Waals surface area contributed by atoms with Crippen molar-refractivity contribution in [3.8, 4) is 0 Å². The first kappa shape index (κ1) is 12.4. The molecular weight excluding hydrogens is 198 g/mol. The van der Waals surface area contributed by atoms with Gasteiger partial charge in [0.05, 0.1) is 8.07 Å². The Hall–Kier alpha value is -0.633. The van der Waals surface area contributed by atoms with Gasteiger partial charge in [0.2, 0.25) is 0 Å². The molecule has 84 valence electrons. The number of aromatic nitrogens is 1. The topological polar surface area (TPSA) is 12.9 Å². The average molecular weight is 221 g/mol. The van der Waals surface area contributed by atoms with E-state index in [4.69, 9.17) is 0 Å². The minimum atomic E-state index is -1.01. The quantitative estimate of drug-likeness (QED) is 0.685. The van der Waals surface area contributed by atoms with Crippen molar-refractivity contribution < 1.29 is 0 Å². The van der Waals surface area contributed by atoms with Crippen LogP contribution in [0.15, 0.2) is 18.3 Å². The van der Waals surface area contributed by atoms with E-state index in [0.29, 0.717) is 0 Å². The van der Waals surface area contributed by atoms with Crippen LogP contribution in [0.5, 0.6) is 0 Å². The molecule has 15 heavy (non-hydrogen) atoms. The second-order valence-corrected chi connectivity index (χ2v) is 10.0. The molecule has 0 amide bonds. The maximum absolute atomic E-state index is 4.26. The Morgan fingerprint density at radius 2 is 1.73 bits per heavy atom. The number of hydrogen-bond donors (Lipinski definition) is 0. The summed E-state index contributed by atoms with van der Waals surface area (Å²) in [6.07, 6.45) is 1.95. The van der Waals surface area contributed by atoms with Crippen LogP contribution in [-0.4, -0.2) is 13.1 Å². The summed E-state index contributed by atoms with van der Waals surface area (Å²) in [7, 11) is -1.01. The minimum absolute atomic E-state index is 1.01. The van der Waals surface area contributed by atoms with Gasteiger partial charge in [-0.05, 0) is 30.7 Å². The Balaban J connectivity index is 2.82. The first-order chi connectivity index (χ1) is 7.15. The normalized spacial score (nSPS) is 11.7. The van der Waals surface area contributed by atoms with E-state index in [-0.39, 0.29) is 0 Å². The van der Waals surface area contributed by atoms with Crippen molar-refractivity contribution in [1.29, 1.82) is 0 Å². The van der Waals surface area contributed by atoms with Gasteiger partial charge in [-0.15, -0.1) is 0 Å². The molecule has 0 bridgehead atoms. The molecule has 0 aliphatic carbocycles. The zero-order chi connectivity index (χ0) is 11.3. The van der Waals surface area contributed by atoms with Crippen LogP contribution >= 0.6 is 0 Å². The van der Waals surface area contributed by atoms with Crippen LogP contribution < -0.4 is 0 Å². The summed E-state index contributed by atoms with van der Waals surface area (Å²) in [6.45, 7) is 9.18. The van der Waals surface area contributed by atoms with Crippen molar-refractivity contribution in [2.45, 2.75) is 51.9 Å². The van der Waals surface area contributed by atoms with Crippen molar-refractivity contribution in [3.63, 3.8) is 0 Å². The van der Waals surface area contributed by atoms with E-state index in [1.54, 1.807) is 0 Å². The van der Waals surface area contributed by atoms with Gasteiger partial charge in [0.15, 0.2) is 0 Å². The lowest BCUT2D eigenvalue weighted by Crippen LogP contribution is -2.34. The van der Waals surface area contributed by atoms with Gasteiger partial charge in [-0.25, -0.2) is 0 Å². The Bertz CT molecular complexity index is 297. The molecular formula is C13H23NSi. The highest BCUT2D eigenvalue weighted by Gasteiger charge is 2.26.